The molecule has 0 aliphatic heterocycles. The van der Waals surface area contributed by atoms with Crippen LogP contribution >= 0.6 is 0 Å². The normalized spacial score (nSPS) is 21.3. The van der Waals surface area contributed by atoms with Crippen LogP contribution in [0.15, 0.2) is 16.3 Å². The topological polar surface area (TPSA) is 79.0 Å². The maximum Gasteiger partial charge on any atom is 0.270 e. The number of amides is 2. The average Bonchev–Trinajstić information content (AvgIpc) is 2.85. The Morgan fingerprint density at radius 2 is 1.73 bits per heavy atom. The summed E-state index contributed by atoms with van der Waals surface area (Å²) < 4.78 is 15.1. The maximum atomic E-state index is 15.1. The zero-order valence-corrected chi connectivity index (χ0v) is 24.9. The third-order valence-electron chi connectivity index (χ3n) is 7.33. The highest BCUT2D eigenvalue weighted by atomic mass is 19.1. The Hall–Kier alpha value is -1.92. The van der Waals surface area contributed by atoms with E-state index in [2.05, 4.69) is 46.5 Å². The summed E-state index contributed by atoms with van der Waals surface area (Å²) in [5, 5.41) is 0. The molecule has 1 aliphatic carbocycles. The molecule has 1 saturated carbocycles. The van der Waals surface area contributed by atoms with Gasteiger partial charge in [0.25, 0.3) is 5.91 Å². The second kappa shape index (κ2) is 16.8. The van der Waals surface area contributed by atoms with Crippen LogP contribution in [0, 0.1) is 11.8 Å². The van der Waals surface area contributed by atoms with Gasteiger partial charge in [-0.15, -0.1) is 0 Å². The van der Waals surface area contributed by atoms with E-state index in [9.17, 15) is 9.59 Å². The number of unbranched alkanes of at least 4 members (excludes halogenated alkanes) is 3. The van der Waals surface area contributed by atoms with E-state index in [-0.39, 0.29) is 30.5 Å². The van der Waals surface area contributed by atoms with Crippen LogP contribution in [-0.4, -0.2) is 65.7 Å². The van der Waals surface area contributed by atoms with Gasteiger partial charge in [-0.2, -0.15) is 0 Å². The number of alkyl halides is 1. The monoisotopic (exact) mass is 522 g/mol. The molecule has 6 nitrogen and oxygen atoms in total. The van der Waals surface area contributed by atoms with Crippen LogP contribution in [0.25, 0.3) is 0 Å². The number of halogens is 1. The highest BCUT2D eigenvalue weighted by Gasteiger charge is 2.35. The lowest BCUT2D eigenvalue weighted by Crippen LogP contribution is -2.40. The molecule has 7 heteroatoms. The van der Waals surface area contributed by atoms with Gasteiger partial charge in [0.1, 0.15) is 17.9 Å². The Morgan fingerprint density at radius 1 is 1.03 bits per heavy atom. The summed E-state index contributed by atoms with van der Waals surface area (Å²) >= 11 is 0. The minimum atomic E-state index is -1.45. The molecule has 0 radical (unpaired) electrons. The maximum absolute atomic E-state index is 15.1. The number of carbonyl (C=O) groups is 2. The predicted octanol–water partition coefficient (Wildman–Crippen LogP) is 6.29. The van der Waals surface area contributed by atoms with Gasteiger partial charge in [-0.1, -0.05) is 67.2 Å². The minimum Gasteiger partial charge on any atom is -0.394 e. The van der Waals surface area contributed by atoms with Gasteiger partial charge in [-0.3, -0.25) is 14.6 Å². The van der Waals surface area contributed by atoms with E-state index in [0.29, 0.717) is 55.6 Å². The van der Waals surface area contributed by atoms with Crippen LogP contribution in [0.2, 0.25) is 0 Å². The van der Waals surface area contributed by atoms with Gasteiger partial charge >= 0.3 is 0 Å². The predicted molar refractivity (Wildman–Crippen MR) is 153 cm³/mol. The summed E-state index contributed by atoms with van der Waals surface area (Å²) in [5.41, 5.74) is 6.21. The van der Waals surface area contributed by atoms with Gasteiger partial charge in [0, 0.05) is 43.9 Å². The van der Waals surface area contributed by atoms with E-state index in [1.165, 1.54) is 0 Å². The molecule has 0 heterocycles. The van der Waals surface area contributed by atoms with Gasteiger partial charge in [0.15, 0.2) is 0 Å². The number of aliphatic imine (C=N–C) groups is 1. The van der Waals surface area contributed by atoms with E-state index in [0.717, 1.165) is 51.5 Å². The first-order valence-corrected chi connectivity index (χ1v) is 14.7. The summed E-state index contributed by atoms with van der Waals surface area (Å²) in [6.07, 6.45) is 7.95. The minimum absolute atomic E-state index is 0.0105. The van der Waals surface area contributed by atoms with Crippen LogP contribution in [0.5, 0.6) is 0 Å². The molecule has 0 bridgehead atoms. The van der Waals surface area contributed by atoms with E-state index in [1.54, 1.807) is 6.92 Å². The van der Waals surface area contributed by atoms with Crippen molar-refractivity contribution in [1.29, 1.82) is 0 Å². The molecule has 0 spiro atoms. The third kappa shape index (κ3) is 12.0. The van der Waals surface area contributed by atoms with Crippen LogP contribution in [0.1, 0.15) is 113 Å². The smallest absolute Gasteiger partial charge is 0.270 e. The van der Waals surface area contributed by atoms with E-state index in [4.69, 9.17) is 5.73 Å². The Kier molecular flexibility index (Phi) is 15.1. The summed E-state index contributed by atoms with van der Waals surface area (Å²) in [6.45, 7) is 17.0. The number of allylic oxidation sites excluding steroid dienone is 1. The van der Waals surface area contributed by atoms with Crippen molar-refractivity contribution >= 4 is 17.5 Å². The Labute approximate surface area is 226 Å². The van der Waals surface area contributed by atoms with Gasteiger partial charge in [0.05, 0.1) is 0 Å². The SMILES string of the molecule is CCCCCCN(CC(C)C)C(=O)/C(N)=C1\CC(C)(F)CCC1=NCC(=O)N(CCC)CCC(C)CC. The summed E-state index contributed by atoms with van der Waals surface area (Å²) in [6, 6.07) is 0. The average molecular weight is 523 g/mol. The molecule has 1 aliphatic rings. The largest absolute Gasteiger partial charge is 0.394 e. The van der Waals surface area contributed by atoms with Crippen molar-refractivity contribution in [3.63, 3.8) is 0 Å². The van der Waals surface area contributed by atoms with Gasteiger partial charge in [-0.05, 0) is 50.9 Å². The lowest BCUT2D eigenvalue weighted by molar-refractivity contribution is -0.130. The molecule has 1 rings (SSSR count). The standard InChI is InChI=1S/C30H55FN4O2/c1-8-11-12-13-18-35(22-23(4)5)29(37)28(32)25-20-30(7,31)16-14-26(25)33-21-27(36)34(17-9-2)19-15-24(6)10-3/h23-24H,8-22,32H2,1-7H3/b28-25-,33-26?. The van der Waals surface area contributed by atoms with Crippen molar-refractivity contribution in [2.45, 2.75) is 118 Å². The lowest BCUT2D eigenvalue weighted by atomic mass is 9.81. The van der Waals surface area contributed by atoms with Crippen LogP contribution in [0.4, 0.5) is 4.39 Å². The number of nitrogens with zero attached hydrogens (tertiary/aromatic N) is 3. The molecule has 0 saturated heterocycles. The Bertz CT molecular complexity index is 776. The van der Waals surface area contributed by atoms with E-state index in [1.807, 2.05) is 9.80 Å². The molecular weight excluding hydrogens is 467 g/mol. The first kappa shape index (κ1) is 33.1. The third-order valence-corrected chi connectivity index (χ3v) is 7.33. The number of nitrogens with two attached hydrogens (primary N) is 1. The van der Waals surface area contributed by atoms with Crippen molar-refractivity contribution in [2.75, 3.05) is 32.7 Å². The molecule has 2 unspecified atom stereocenters. The number of hydrogen-bond acceptors (Lipinski definition) is 4. The first-order valence-electron chi connectivity index (χ1n) is 14.7. The zero-order chi connectivity index (χ0) is 28.0. The second-order valence-electron chi connectivity index (χ2n) is 11.6. The first-order chi connectivity index (χ1) is 17.4. The summed E-state index contributed by atoms with van der Waals surface area (Å²) in [7, 11) is 0. The molecule has 0 aromatic rings. The molecule has 0 aromatic carbocycles. The van der Waals surface area contributed by atoms with Crippen molar-refractivity contribution in [2.24, 2.45) is 22.6 Å². The van der Waals surface area contributed by atoms with Crippen molar-refractivity contribution in [3.8, 4) is 0 Å². The molecule has 2 amide bonds. The molecular formula is C30H55FN4O2. The lowest BCUT2D eigenvalue weighted by Gasteiger charge is -2.31. The number of hydrogen-bond donors (Lipinski definition) is 1. The highest BCUT2D eigenvalue weighted by Crippen LogP contribution is 2.34. The van der Waals surface area contributed by atoms with Crippen molar-refractivity contribution in [1.82, 2.24) is 9.80 Å². The van der Waals surface area contributed by atoms with Crippen LogP contribution in [-0.2, 0) is 9.59 Å². The highest BCUT2D eigenvalue weighted by molar-refractivity contribution is 6.08. The van der Waals surface area contributed by atoms with Crippen LogP contribution in [0.3, 0.4) is 0 Å². The Morgan fingerprint density at radius 3 is 2.32 bits per heavy atom. The van der Waals surface area contributed by atoms with Gasteiger partial charge in [-0.25, -0.2) is 4.39 Å². The van der Waals surface area contributed by atoms with Gasteiger partial charge in [0.2, 0.25) is 5.91 Å². The van der Waals surface area contributed by atoms with Crippen molar-refractivity contribution in [3.05, 3.63) is 11.3 Å². The molecule has 2 atom stereocenters. The van der Waals surface area contributed by atoms with E-state index >= 15 is 4.39 Å². The van der Waals surface area contributed by atoms with Crippen LogP contribution < -0.4 is 5.73 Å². The fourth-order valence-corrected chi connectivity index (χ4v) is 4.73. The van der Waals surface area contributed by atoms with E-state index < -0.39 is 5.67 Å². The zero-order valence-electron chi connectivity index (χ0n) is 24.9. The molecule has 0 aromatic heterocycles. The Balaban J connectivity index is 3.15. The quantitative estimate of drug-likeness (QED) is 0.191. The molecule has 214 valence electrons. The molecule has 37 heavy (non-hydrogen) atoms. The van der Waals surface area contributed by atoms with Gasteiger partial charge < -0.3 is 15.5 Å². The molecule has 1 fully saturated rings. The number of carbonyl (C=O) groups excluding carboxylic acids is 2. The second-order valence-corrected chi connectivity index (χ2v) is 11.6. The number of rotatable bonds is 16. The fourth-order valence-electron chi connectivity index (χ4n) is 4.73. The molecule has 2 N–H and O–H groups in total. The fraction of sp³-hybridized carbons (Fsp3) is 0.833. The summed E-state index contributed by atoms with van der Waals surface area (Å²) in [5.74, 6) is 0.609. The van der Waals surface area contributed by atoms with Crippen molar-refractivity contribution < 1.29 is 14.0 Å². The summed E-state index contributed by atoms with van der Waals surface area (Å²) in [4.78, 5) is 34.9.